The molecule has 0 aliphatic heterocycles. The molecule has 0 aliphatic rings. The molecule has 1 atom stereocenters. The highest BCUT2D eigenvalue weighted by Crippen LogP contribution is 2.23. The maximum absolute atomic E-state index is 4.36. The van der Waals surface area contributed by atoms with Gasteiger partial charge in [0.2, 0.25) is 0 Å². The fourth-order valence-electron chi connectivity index (χ4n) is 1.83. The number of hydrogen-bond acceptors (Lipinski definition) is 3. The maximum atomic E-state index is 4.36. The number of aromatic nitrogens is 2. The van der Waals surface area contributed by atoms with Crippen molar-refractivity contribution >= 4 is 15.9 Å². The second-order valence-corrected chi connectivity index (χ2v) is 4.92. The fourth-order valence-corrected chi connectivity index (χ4v) is 2.40. The number of aryl methyl sites for hydroxylation is 1. The van der Waals surface area contributed by atoms with Crippen molar-refractivity contribution in [2.24, 2.45) is 0 Å². The average Bonchev–Trinajstić information content (AvgIpc) is 2.58. The van der Waals surface area contributed by atoms with E-state index in [9.17, 15) is 0 Å². The lowest BCUT2D eigenvalue weighted by molar-refractivity contribution is 0.332. The summed E-state index contributed by atoms with van der Waals surface area (Å²) in [6, 6.07) is 0.317. The first kappa shape index (κ1) is 13.7. The van der Waals surface area contributed by atoms with Gasteiger partial charge in [0.1, 0.15) is 0 Å². The Kier molecular flexibility index (Phi) is 5.44. The van der Waals surface area contributed by atoms with E-state index in [2.05, 4.69) is 59.2 Å². The second-order valence-electron chi connectivity index (χ2n) is 4.07. The van der Waals surface area contributed by atoms with Gasteiger partial charge in [0.15, 0.2) is 0 Å². The fraction of sp³-hybridized carbons (Fsp3) is 0.727. The van der Waals surface area contributed by atoms with Gasteiger partial charge < -0.3 is 10.2 Å². The van der Waals surface area contributed by atoms with Crippen LogP contribution in [0.1, 0.15) is 25.6 Å². The Morgan fingerprint density at radius 2 is 2.19 bits per heavy atom. The number of rotatable bonds is 6. The van der Waals surface area contributed by atoms with E-state index in [0.29, 0.717) is 6.04 Å². The third-order valence-corrected chi connectivity index (χ3v) is 3.07. The van der Waals surface area contributed by atoms with Gasteiger partial charge in [0, 0.05) is 13.1 Å². The Labute approximate surface area is 106 Å². The monoisotopic (exact) mass is 288 g/mol. The van der Waals surface area contributed by atoms with Gasteiger partial charge in [-0.15, -0.1) is 0 Å². The van der Waals surface area contributed by atoms with Crippen molar-refractivity contribution in [3.63, 3.8) is 0 Å². The van der Waals surface area contributed by atoms with Gasteiger partial charge in [-0.2, -0.15) is 5.10 Å². The Balaban J connectivity index is 2.94. The molecule has 1 aromatic heterocycles. The molecular formula is C11H21BrN4. The third kappa shape index (κ3) is 3.30. The third-order valence-electron chi connectivity index (χ3n) is 2.46. The predicted molar refractivity (Wildman–Crippen MR) is 70.6 cm³/mol. The lowest BCUT2D eigenvalue weighted by Gasteiger charge is -2.23. The van der Waals surface area contributed by atoms with E-state index in [1.807, 2.05) is 10.9 Å². The van der Waals surface area contributed by atoms with Crippen molar-refractivity contribution in [1.29, 1.82) is 0 Å². The maximum Gasteiger partial charge on any atom is 0.0708 e. The van der Waals surface area contributed by atoms with E-state index >= 15 is 0 Å². The molecule has 0 aromatic carbocycles. The molecule has 0 fully saturated rings. The molecule has 1 unspecified atom stereocenters. The van der Waals surface area contributed by atoms with Crippen LogP contribution >= 0.6 is 15.9 Å². The number of hydrogen-bond donors (Lipinski definition) is 1. The lowest BCUT2D eigenvalue weighted by Crippen LogP contribution is -2.33. The van der Waals surface area contributed by atoms with E-state index in [1.165, 1.54) is 5.69 Å². The first-order chi connectivity index (χ1) is 7.60. The molecule has 1 rings (SSSR count). The quantitative estimate of drug-likeness (QED) is 0.868. The molecule has 0 radical (unpaired) electrons. The summed E-state index contributed by atoms with van der Waals surface area (Å²) in [5, 5.41) is 7.86. The number of nitrogens with zero attached hydrogens (tertiary/aromatic N) is 3. The van der Waals surface area contributed by atoms with Crippen molar-refractivity contribution in [2.45, 2.75) is 26.4 Å². The number of nitrogens with one attached hydrogen (secondary N) is 1. The summed E-state index contributed by atoms with van der Waals surface area (Å²) in [5.41, 5.74) is 1.23. The van der Waals surface area contributed by atoms with Gasteiger partial charge in [-0.05, 0) is 43.5 Å². The summed E-state index contributed by atoms with van der Waals surface area (Å²) in [6.45, 7) is 7.07. The van der Waals surface area contributed by atoms with Crippen LogP contribution in [0.4, 0.5) is 0 Å². The van der Waals surface area contributed by atoms with Crippen LogP contribution in [-0.4, -0.2) is 41.9 Å². The van der Waals surface area contributed by atoms with Crippen LogP contribution in [0.3, 0.4) is 0 Å². The molecular weight excluding hydrogens is 268 g/mol. The molecule has 4 nitrogen and oxygen atoms in total. The van der Waals surface area contributed by atoms with E-state index in [4.69, 9.17) is 0 Å². The summed E-state index contributed by atoms with van der Waals surface area (Å²) in [4.78, 5) is 2.19. The van der Waals surface area contributed by atoms with Gasteiger partial charge in [-0.1, -0.05) is 6.92 Å². The minimum atomic E-state index is 0.317. The molecule has 0 amide bonds. The molecule has 1 heterocycles. The highest BCUT2D eigenvalue weighted by molar-refractivity contribution is 9.10. The molecule has 0 aliphatic carbocycles. The van der Waals surface area contributed by atoms with E-state index in [1.54, 1.807) is 0 Å². The van der Waals surface area contributed by atoms with Gasteiger partial charge >= 0.3 is 0 Å². The lowest BCUT2D eigenvalue weighted by atomic mass is 10.2. The molecule has 5 heteroatoms. The van der Waals surface area contributed by atoms with Crippen LogP contribution < -0.4 is 5.32 Å². The van der Waals surface area contributed by atoms with Gasteiger partial charge in [0.05, 0.1) is 22.4 Å². The molecule has 0 saturated heterocycles. The summed E-state index contributed by atoms with van der Waals surface area (Å²) in [6.07, 6.45) is 1.87. The van der Waals surface area contributed by atoms with E-state index in [-0.39, 0.29) is 0 Å². The largest absolute Gasteiger partial charge is 0.308 e. The Morgan fingerprint density at radius 3 is 2.69 bits per heavy atom. The van der Waals surface area contributed by atoms with Crippen molar-refractivity contribution in [3.8, 4) is 0 Å². The molecule has 1 N–H and O–H groups in total. The normalized spacial score (nSPS) is 13.4. The summed E-state index contributed by atoms with van der Waals surface area (Å²) >= 11 is 3.58. The minimum Gasteiger partial charge on any atom is -0.308 e. The Hall–Kier alpha value is -0.390. The first-order valence-electron chi connectivity index (χ1n) is 5.69. The van der Waals surface area contributed by atoms with Crippen LogP contribution in [-0.2, 0) is 6.54 Å². The molecule has 0 bridgehead atoms. The first-order valence-corrected chi connectivity index (χ1v) is 6.48. The molecule has 0 spiro atoms. The van der Waals surface area contributed by atoms with Crippen LogP contribution in [0.25, 0.3) is 0 Å². The minimum absolute atomic E-state index is 0.317. The molecule has 0 saturated carbocycles. The Bertz CT molecular complexity index is 322. The van der Waals surface area contributed by atoms with E-state index < -0.39 is 0 Å². The highest BCUT2D eigenvalue weighted by Gasteiger charge is 2.19. The average molecular weight is 289 g/mol. The van der Waals surface area contributed by atoms with Crippen LogP contribution in [0.2, 0.25) is 0 Å². The SMILES string of the molecule is CCNC(CN(C)C)c1c(Br)cnn1CC. The molecule has 1 aromatic rings. The summed E-state index contributed by atoms with van der Waals surface area (Å²) in [7, 11) is 4.18. The zero-order valence-corrected chi connectivity index (χ0v) is 12.1. The topological polar surface area (TPSA) is 33.1 Å². The van der Waals surface area contributed by atoms with Crippen molar-refractivity contribution < 1.29 is 0 Å². The molecule has 92 valence electrons. The predicted octanol–water partition coefficient (Wildman–Crippen LogP) is 1.88. The summed E-state index contributed by atoms with van der Waals surface area (Å²) < 4.78 is 3.13. The summed E-state index contributed by atoms with van der Waals surface area (Å²) in [5.74, 6) is 0. The van der Waals surface area contributed by atoms with E-state index in [0.717, 1.165) is 24.1 Å². The van der Waals surface area contributed by atoms with Gasteiger partial charge in [0.25, 0.3) is 0 Å². The smallest absolute Gasteiger partial charge is 0.0708 e. The van der Waals surface area contributed by atoms with Crippen LogP contribution in [0.15, 0.2) is 10.7 Å². The van der Waals surface area contributed by atoms with Crippen LogP contribution in [0, 0.1) is 0 Å². The zero-order valence-electron chi connectivity index (χ0n) is 10.5. The zero-order chi connectivity index (χ0) is 12.1. The number of likely N-dealkylation sites (N-methyl/N-ethyl adjacent to an activating group) is 2. The van der Waals surface area contributed by atoms with Crippen molar-refractivity contribution in [3.05, 3.63) is 16.4 Å². The standard InChI is InChI=1S/C11H21BrN4/c1-5-13-10(8-15(3)4)11-9(12)7-14-16(11)6-2/h7,10,13H,5-6,8H2,1-4H3. The molecule has 16 heavy (non-hydrogen) atoms. The Morgan fingerprint density at radius 1 is 1.50 bits per heavy atom. The van der Waals surface area contributed by atoms with Crippen molar-refractivity contribution in [1.82, 2.24) is 20.0 Å². The van der Waals surface area contributed by atoms with Gasteiger partial charge in [-0.25, -0.2) is 0 Å². The number of halogens is 1. The van der Waals surface area contributed by atoms with Crippen molar-refractivity contribution in [2.75, 3.05) is 27.2 Å². The van der Waals surface area contributed by atoms with Gasteiger partial charge in [-0.3, -0.25) is 4.68 Å². The van der Waals surface area contributed by atoms with Crippen LogP contribution in [0.5, 0.6) is 0 Å². The second kappa shape index (κ2) is 6.37. The highest BCUT2D eigenvalue weighted by atomic mass is 79.9.